The zero-order valence-corrected chi connectivity index (χ0v) is 33.5. The van der Waals surface area contributed by atoms with Gasteiger partial charge >= 0.3 is 0 Å². The molecule has 0 aliphatic carbocycles. The number of carbonyl (C=O) groups excluding carboxylic acids is 4. The third kappa shape index (κ3) is 54.4. The molecule has 2 rings (SSSR count). The van der Waals surface area contributed by atoms with Gasteiger partial charge in [0.1, 0.15) is 5.78 Å². The second kappa shape index (κ2) is 58.2. The number of likely N-dealkylation sites (tertiary alicyclic amines) is 2. The molecule has 280 valence electrons. The summed E-state index contributed by atoms with van der Waals surface area (Å²) < 4.78 is 0. The minimum Gasteiger partial charge on any atom is -0.346 e. The van der Waals surface area contributed by atoms with Crippen LogP contribution < -0.4 is 11.1 Å². The second-order valence-electron chi connectivity index (χ2n) is 8.50. The van der Waals surface area contributed by atoms with E-state index in [0.717, 1.165) is 51.9 Å². The maximum absolute atomic E-state index is 10.8. The normalized spacial score (nSPS) is 11.7. The van der Waals surface area contributed by atoms with Gasteiger partial charge in [-0.3, -0.25) is 19.2 Å². The number of piperidine rings is 2. The molecule has 46 heavy (non-hydrogen) atoms. The molecule has 2 aliphatic rings. The molecule has 3 amide bonds. The van der Waals surface area contributed by atoms with E-state index in [2.05, 4.69) is 30.8 Å². The third-order valence-electron chi connectivity index (χ3n) is 5.49. The Labute approximate surface area is 375 Å². The van der Waals surface area contributed by atoms with E-state index in [9.17, 15) is 19.2 Å². The summed E-state index contributed by atoms with van der Waals surface area (Å²) >= 11 is 0. The molecule has 0 aromatic rings. The summed E-state index contributed by atoms with van der Waals surface area (Å²) in [6, 6.07) is 0. The van der Waals surface area contributed by atoms with Gasteiger partial charge in [-0.25, -0.2) is 0 Å². The number of nitrogens with one attached hydrogen (secondary N) is 1. The van der Waals surface area contributed by atoms with Gasteiger partial charge in [0.15, 0.2) is 0 Å². The van der Waals surface area contributed by atoms with Crippen molar-refractivity contribution in [3.05, 3.63) is 37.5 Å². The zero-order valence-electron chi connectivity index (χ0n) is 31.4. The monoisotopic (exact) mass is 733 g/mol. The number of Topliss-reactive ketones (excluding diaryl/α,β-unsaturated/α-hetero) is 1. The molecule has 0 saturated carbocycles. The summed E-state index contributed by atoms with van der Waals surface area (Å²) in [5.41, 5.74) is 5.78. The van der Waals surface area contributed by atoms with Gasteiger partial charge < -0.3 is 25.8 Å². The number of amides is 3. The van der Waals surface area contributed by atoms with E-state index in [-0.39, 0.29) is 137 Å². The fraction of sp³-hybridized carbons (Fsp3) is 0.706. The van der Waals surface area contributed by atoms with E-state index in [4.69, 9.17) is 0 Å². The average molecular weight is 734 g/mol. The standard InChI is InChI=1S/C8H13NO.C7H11NO2.C7H13NO.C5H11N.3C2H6.CH5N.3Ar/c1-7-3-5-9(6-4-7)8(2)10;1-6(9)8-4-2-7(10)3-5-8;1-4-5-6-8(3)7(2)9;1-3-4-5-6-2;4*1-2;;;/h1,3-6H2,2H3;2-5H2,1H3;4H,1,5-6H2,2-3H3;3,6H,1,4-5H2,2H3;3*1-2H3;2H2,1H3;;;. The van der Waals surface area contributed by atoms with Gasteiger partial charge in [0.05, 0.1) is 0 Å². The van der Waals surface area contributed by atoms with Gasteiger partial charge in [-0.15, -0.1) is 13.2 Å². The molecule has 0 aromatic carbocycles. The van der Waals surface area contributed by atoms with Crippen LogP contribution in [0.2, 0.25) is 0 Å². The van der Waals surface area contributed by atoms with Crippen molar-refractivity contribution in [3.8, 4) is 0 Å². The Kier molecular flexibility index (Phi) is 87.2. The van der Waals surface area contributed by atoms with Crippen LogP contribution >= 0.6 is 0 Å². The predicted molar refractivity (Wildman–Crippen MR) is 188 cm³/mol. The first-order valence-corrected chi connectivity index (χ1v) is 15.8. The van der Waals surface area contributed by atoms with Crippen molar-refractivity contribution in [1.82, 2.24) is 20.0 Å². The molecule has 0 radical (unpaired) electrons. The van der Waals surface area contributed by atoms with Crippen molar-refractivity contribution < 1.29 is 132 Å². The zero-order chi connectivity index (χ0) is 35.2. The first kappa shape index (κ1) is 68.9. The summed E-state index contributed by atoms with van der Waals surface area (Å²) in [6.45, 7) is 32.5. The molecule has 0 bridgehead atoms. The fourth-order valence-electron chi connectivity index (χ4n) is 2.90. The van der Waals surface area contributed by atoms with Gasteiger partial charge in [-0.2, -0.15) is 0 Å². The third-order valence-corrected chi connectivity index (χ3v) is 5.49. The maximum atomic E-state index is 10.8. The molecule has 0 unspecified atom stereocenters. The van der Waals surface area contributed by atoms with Crippen LogP contribution in [0.3, 0.4) is 0 Å². The van der Waals surface area contributed by atoms with E-state index in [1.807, 2.05) is 59.6 Å². The topological polar surface area (TPSA) is 116 Å². The summed E-state index contributed by atoms with van der Waals surface area (Å²) in [5.74, 6) is 0.648. The van der Waals surface area contributed by atoms with Crippen LogP contribution in [-0.2, 0) is 19.2 Å². The smallest absolute Gasteiger partial charge is 0.219 e. The van der Waals surface area contributed by atoms with Crippen LogP contribution in [0, 0.1) is 113 Å². The van der Waals surface area contributed by atoms with Crippen molar-refractivity contribution in [2.75, 3.05) is 60.4 Å². The van der Waals surface area contributed by atoms with Crippen LogP contribution in [0.25, 0.3) is 0 Å². The van der Waals surface area contributed by atoms with E-state index in [1.54, 1.807) is 36.8 Å². The Hall–Kier alpha value is 0.999. The van der Waals surface area contributed by atoms with Crippen LogP contribution in [-0.4, -0.2) is 98.6 Å². The Morgan fingerprint density at radius 3 is 1.33 bits per heavy atom. The van der Waals surface area contributed by atoms with Gasteiger partial charge in [-0.1, -0.05) is 65.8 Å². The molecule has 2 heterocycles. The van der Waals surface area contributed by atoms with Gasteiger partial charge in [0, 0.05) is 187 Å². The van der Waals surface area contributed by atoms with E-state index >= 15 is 0 Å². The Balaban J connectivity index is -0.0000000522. The fourth-order valence-corrected chi connectivity index (χ4v) is 2.90. The molecule has 2 aliphatic heterocycles. The van der Waals surface area contributed by atoms with Crippen molar-refractivity contribution in [3.63, 3.8) is 0 Å². The van der Waals surface area contributed by atoms with Gasteiger partial charge in [-0.05, 0) is 46.3 Å². The minimum absolute atomic E-state index is 0. The van der Waals surface area contributed by atoms with Crippen LogP contribution in [0.5, 0.6) is 0 Å². The predicted octanol–water partition coefficient (Wildman–Crippen LogP) is 5.86. The first-order valence-electron chi connectivity index (χ1n) is 15.8. The average Bonchev–Trinajstić information content (AvgIpc) is 3.04. The SMILES string of the molecule is C=C1CCN(C(C)=O)CC1.C=CCCN(C)C(C)=O.C=CCCNC.CC.CC.CC.CC(=O)N1CCC(=O)CC1.CN.[Ar].[Ar].[Ar]. The van der Waals surface area contributed by atoms with Crippen molar-refractivity contribution in [1.29, 1.82) is 0 Å². The summed E-state index contributed by atoms with van der Waals surface area (Å²) in [4.78, 5) is 48.0. The summed E-state index contributed by atoms with van der Waals surface area (Å²) in [6.07, 6.45) is 8.70. The van der Waals surface area contributed by atoms with Gasteiger partial charge in [0.25, 0.3) is 0 Å². The first-order chi connectivity index (χ1) is 20.5. The summed E-state index contributed by atoms with van der Waals surface area (Å²) in [5, 5.41) is 3.00. The van der Waals surface area contributed by atoms with Crippen LogP contribution in [0.4, 0.5) is 0 Å². The second-order valence-corrected chi connectivity index (χ2v) is 8.50. The number of nitrogens with zero attached hydrogens (tertiary/aromatic N) is 3. The van der Waals surface area contributed by atoms with Crippen molar-refractivity contribution in [2.24, 2.45) is 5.73 Å². The number of ketones is 1. The largest absolute Gasteiger partial charge is 0.346 e. The quantitative estimate of drug-likeness (QED) is 0.261. The number of nitrogens with two attached hydrogens (primary N) is 1. The van der Waals surface area contributed by atoms with Crippen molar-refractivity contribution >= 4 is 23.5 Å². The van der Waals surface area contributed by atoms with Crippen molar-refractivity contribution in [2.45, 2.75) is 101 Å². The molecule has 2 saturated heterocycles. The molecular weight excluding hydrogens is 662 g/mol. The Morgan fingerprint density at radius 1 is 0.761 bits per heavy atom. The van der Waals surface area contributed by atoms with Crippen LogP contribution in [0.15, 0.2) is 37.5 Å². The molecule has 2 fully saturated rings. The molecule has 3 N–H and O–H groups in total. The van der Waals surface area contributed by atoms with Gasteiger partial charge in [0.2, 0.25) is 17.7 Å². The van der Waals surface area contributed by atoms with E-state index in [0.29, 0.717) is 25.9 Å². The minimum atomic E-state index is 0. The number of carbonyl (C=O) groups is 4. The number of hydrogen-bond acceptors (Lipinski definition) is 6. The number of hydrogen-bond donors (Lipinski definition) is 2. The molecule has 12 heteroatoms. The van der Waals surface area contributed by atoms with E-state index < -0.39 is 0 Å². The molecule has 0 atom stereocenters. The maximum Gasteiger partial charge on any atom is 0.219 e. The molecular formula is C34H71Ar3N5O4. The Bertz CT molecular complexity index is 654. The Morgan fingerprint density at radius 2 is 1.09 bits per heavy atom. The van der Waals surface area contributed by atoms with Crippen LogP contribution in [0.1, 0.15) is 101 Å². The number of rotatable bonds is 6. The molecule has 9 nitrogen and oxygen atoms in total. The summed E-state index contributed by atoms with van der Waals surface area (Å²) in [7, 11) is 5.22. The molecule has 0 spiro atoms. The molecule has 0 aromatic heterocycles. The van der Waals surface area contributed by atoms with E-state index in [1.165, 1.54) is 19.5 Å².